The molecule has 25 heavy (non-hydrogen) atoms. The highest BCUT2D eigenvalue weighted by atomic mass is 14.9. The van der Waals surface area contributed by atoms with Gasteiger partial charge in [-0.1, -0.05) is 30.3 Å². The maximum atomic E-state index is 8.68. The lowest BCUT2D eigenvalue weighted by Crippen LogP contribution is -2.35. The van der Waals surface area contributed by atoms with Gasteiger partial charge in [0.2, 0.25) is 5.69 Å². The standard InChI is InChI=1S/C23H21N2/c1-16-7-4-5-9-21(16)23-22-11-10-18(19-8-6-12-24-15-19)14-20(22)13-17(2)25(23)3/h4-15H,1-3H3/q+1/i5D,7D,13D. The Balaban J connectivity index is 2.08. The highest BCUT2D eigenvalue weighted by Gasteiger charge is 2.19. The predicted molar refractivity (Wildman–Crippen MR) is 103 cm³/mol. The first-order valence-corrected chi connectivity index (χ1v) is 8.30. The van der Waals surface area contributed by atoms with Crippen LogP contribution in [0.1, 0.15) is 15.4 Å². The molecule has 0 unspecified atom stereocenters. The van der Waals surface area contributed by atoms with Gasteiger partial charge in [0.15, 0.2) is 5.69 Å². The molecule has 0 saturated heterocycles. The number of benzene rings is 2. The van der Waals surface area contributed by atoms with Gasteiger partial charge in [-0.2, -0.15) is 4.57 Å². The van der Waals surface area contributed by atoms with Gasteiger partial charge in [-0.15, -0.1) is 0 Å². The molecular weight excluding hydrogens is 304 g/mol. The molecule has 0 radical (unpaired) electrons. The molecule has 0 spiro atoms. The summed E-state index contributed by atoms with van der Waals surface area (Å²) in [4.78, 5) is 4.20. The Hall–Kier alpha value is -3.00. The van der Waals surface area contributed by atoms with Gasteiger partial charge in [-0.25, -0.2) is 0 Å². The Labute approximate surface area is 152 Å². The highest BCUT2D eigenvalue weighted by molar-refractivity contribution is 5.96. The van der Waals surface area contributed by atoms with E-state index in [2.05, 4.69) is 4.98 Å². The lowest BCUT2D eigenvalue weighted by atomic mass is 9.96. The van der Waals surface area contributed by atoms with E-state index in [1.165, 1.54) is 0 Å². The first kappa shape index (κ1) is 12.4. The van der Waals surface area contributed by atoms with Crippen molar-refractivity contribution in [3.05, 3.63) is 84.2 Å². The van der Waals surface area contributed by atoms with E-state index in [4.69, 9.17) is 4.11 Å². The third-order valence-corrected chi connectivity index (χ3v) is 4.68. The molecule has 0 aliphatic carbocycles. The molecule has 2 heterocycles. The topological polar surface area (TPSA) is 16.8 Å². The second kappa shape index (κ2) is 6.14. The molecule has 0 bridgehead atoms. The predicted octanol–water partition coefficient (Wildman–Crippen LogP) is 5.01. The summed E-state index contributed by atoms with van der Waals surface area (Å²) in [6.45, 7) is 3.85. The Morgan fingerprint density at radius 1 is 1.04 bits per heavy atom. The molecule has 0 atom stereocenters. The van der Waals surface area contributed by atoms with Crippen molar-refractivity contribution < 1.29 is 8.68 Å². The third kappa shape index (κ3) is 2.70. The fourth-order valence-corrected chi connectivity index (χ4v) is 3.23. The van der Waals surface area contributed by atoms with Crippen LogP contribution in [0.4, 0.5) is 0 Å². The molecule has 0 N–H and O–H groups in total. The summed E-state index contributed by atoms with van der Waals surface area (Å²) >= 11 is 0. The van der Waals surface area contributed by atoms with Gasteiger partial charge in [0, 0.05) is 36.5 Å². The minimum Gasteiger partial charge on any atom is -0.264 e. The van der Waals surface area contributed by atoms with Gasteiger partial charge in [-0.3, -0.25) is 4.98 Å². The number of rotatable bonds is 2. The zero-order chi connectivity index (χ0) is 20.0. The quantitative estimate of drug-likeness (QED) is 0.473. The molecule has 2 aromatic carbocycles. The van der Waals surface area contributed by atoms with Crippen molar-refractivity contribution >= 4 is 10.8 Å². The maximum absolute atomic E-state index is 8.68. The van der Waals surface area contributed by atoms with Crippen LogP contribution < -0.4 is 4.57 Å². The van der Waals surface area contributed by atoms with Gasteiger partial charge in [0.1, 0.15) is 7.05 Å². The zero-order valence-corrected chi connectivity index (χ0v) is 14.6. The van der Waals surface area contributed by atoms with E-state index in [1.54, 1.807) is 18.3 Å². The number of aromatic nitrogens is 2. The summed E-state index contributed by atoms with van der Waals surface area (Å²) in [5.41, 5.74) is 5.49. The van der Waals surface area contributed by atoms with E-state index in [1.807, 2.05) is 62.0 Å². The van der Waals surface area contributed by atoms with Crippen LogP contribution in [0.3, 0.4) is 0 Å². The molecule has 0 saturated carbocycles. The van der Waals surface area contributed by atoms with Crippen LogP contribution in [-0.4, -0.2) is 4.98 Å². The van der Waals surface area contributed by atoms with Gasteiger partial charge in [-0.05, 0) is 47.7 Å². The fourth-order valence-electron chi connectivity index (χ4n) is 3.23. The van der Waals surface area contributed by atoms with Crippen LogP contribution >= 0.6 is 0 Å². The summed E-state index contributed by atoms with van der Waals surface area (Å²) in [6, 6.07) is 14.5. The van der Waals surface area contributed by atoms with E-state index in [0.29, 0.717) is 18.1 Å². The summed E-state index contributed by atoms with van der Waals surface area (Å²) in [7, 11) is 1.94. The smallest absolute Gasteiger partial charge is 0.220 e. The van der Waals surface area contributed by atoms with Crippen LogP contribution in [0.5, 0.6) is 0 Å². The summed E-state index contributed by atoms with van der Waals surface area (Å²) in [6.07, 6.45) is 3.57. The van der Waals surface area contributed by atoms with Crippen molar-refractivity contribution in [1.29, 1.82) is 0 Å². The van der Waals surface area contributed by atoms with Crippen LogP contribution in [0, 0.1) is 13.8 Å². The van der Waals surface area contributed by atoms with E-state index in [-0.39, 0.29) is 0 Å². The fraction of sp³-hybridized carbons (Fsp3) is 0.130. The van der Waals surface area contributed by atoms with E-state index < -0.39 is 0 Å². The Morgan fingerprint density at radius 2 is 1.92 bits per heavy atom. The summed E-state index contributed by atoms with van der Waals surface area (Å²) in [5.74, 6) is 0. The molecule has 2 heteroatoms. The molecule has 4 rings (SSSR count). The number of hydrogen-bond donors (Lipinski definition) is 0. The van der Waals surface area contributed by atoms with Crippen molar-refractivity contribution in [3.63, 3.8) is 0 Å². The van der Waals surface area contributed by atoms with Crippen LogP contribution in [0.2, 0.25) is 0 Å². The number of nitrogens with zero attached hydrogens (tertiary/aromatic N) is 2. The first-order valence-electron chi connectivity index (χ1n) is 9.80. The molecule has 2 nitrogen and oxygen atoms in total. The van der Waals surface area contributed by atoms with Crippen LogP contribution in [0.15, 0.2) is 73.0 Å². The minimum atomic E-state index is 0.318. The van der Waals surface area contributed by atoms with Gasteiger partial charge in [0.05, 0.1) is 9.50 Å². The van der Waals surface area contributed by atoms with E-state index in [0.717, 1.165) is 44.4 Å². The summed E-state index contributed by atoms with van der Waals surface area (Å²) in [5, 5.41) is 1.80. The van der Waals surface area contributed by atoms with Gasteiger partial charge in [0.25, 0.3) is 0 Å². The second-order valence-electron chi connectivity index (χ2n) is 6.26. The zero-order valence-electron chi connectivity index (χ0n) is 17.6. The maximum Gasteiger partial charge on any atom is 0.220 e. The highest BCUT2D eigenvalue weighted by Crippen LogP contribution is 2.31. The average Bonchev–Trinajstić information content (AvgIpc) is 2.70. The summed E-state index contributed by atoms with van der Waals surface area (Å²) < 4.78 is 26.9. The van der Waals surface area contributed by atoms with Crippen molar-refractivity contribution in [2.45, 2.75) is 13.8 Å². The lowest BCUT2D eigenvalue weighted by Gasteiger charge is -2.11. The molecule has 0 aliphatic heterocycles. The molecular formula is C23H21N2+. The Bertz CT molecular complexity index is 1220. The van der Waals surface area contributed by atoms with Gasteiger partial charge < -0.3 is 0 Å². The van der Waals surface area contributed by atoms with E-state index in [9.17, 15) is 0 Å². The molecule has 0 aliphatic rings. The van der Waals surface area contributed by atoms with Crippen molar-refractivity contribution in [2.24, 2.45) is 7.05 Å². The number of hydrogen-bond acceptors (Lipinski definition) is 1. The van der Waals surface area contributed by atoms with Crippen LogP contribution in [0.25, 0.3) is 33.2 Å². The molecule has 2 aromatic heterocycles. The average molecular weight is 328 g/mol. The largest absolute Gasteiger partial charge is 0.264 e. The SMILES string of the molecule is [2H]c1cc([2H])c(C)c(-c2c3ccc(-c4cccnc4)cc3c([2H])c(C)[n+]2C)c1. The van der Waals surface area contributed by atoms with Gasteiger partial charge >= 0.3 is 0 Å². The van der Waals surface area contributed by atoms with Crippen molar-refractivity contribution in [2.75, 3.05) is 0 Å². The lowest BCUT2D eigenvalue weighted by molar-refractivity contribution is -0.665. The monoisotopic (exact) mass is 328 g/mol. The number of pyridine rings is 2. The Kier molecular flexibility index (Phi) is 3.04. The van der Waals surface area contributed by atoms with Crippen molar-refractivity contribution in [1.82, 2.24) is 4.98 Å². The molecule has 0 amide bonds. The minimum absolute atomic E-state index is 0.318. The second-order valence-corrected chi connectivity index (χ2v) is 6.26. The van der Waals surface area contributed by atoms with E-state index >= 15 is 0 Å². The Morgan fingerprint density at radius 3 is 2.72 bits per heavy atom. The normalized spacial score (nSPS) is 12.7. The van der Waals surface area contributed by atoms with Crippen LogP contribution in [-0.2, 0) is 7.05 Å². The first-order chi connectivity index (χ1) is 13.4. The molecule has 4 aromatic rings. The third-order valence-electron chi connectivity index (χ3n) is 4.68. The molecule has 0 fully saturated rings. The van der Waals surface area contributed by atoms with Crippen molar-refractivity contribution in [3.8, 4) is 22.4 Å². The molecule has 122 valence electrons. The number of fused-ring (bicyclic) bond motifs is 1.